The van der Waals surface area contributed by atoms with Crippen molar-refractivity contribution < 1.29 is 18.0 Å². The van der Waals surface area contributed by atoms with Crippen LogP contribution in [0.4, 0.5) is 0 Å². The minimum atomic E-state index is -3.67. The molecule has 0 radical (unpaired) electrons. The maximum Gasteiger partial charge on any atom is 0.269 e. The van der Waals surface area contributed by atoms with E-state index in [0.29, 0.717) is 19.0 Å². The van der Waals surface area contributed by atoms with Crippen LogP contribution >= 0.6 is 0 Å². The average Bonchev–Trinajstić information content (AvgIpc) is 2.74. The van der Waals surface area contributed by atoms with Gasteiger partial charge >= 0.3 is 0 Å². The van der Waals surface area contributed by atoms with E-state index in [9.17, 15) is 18.0 Å². The maximum atomic E-state index is 12.6. The Morgan fingerprint density at radius 1 is 0.935 bits per heavy atom. The molecule has 31 heavy (non-hydrogen) atoms. The smallest absolute Gasteiger partial charge is 0.269 e. The number of hydrogen-bond acceptors (Lipinski definition) is 4. The van der Waals surface area contributed by atoms with Gasteiger partial charge in [0, 0.05) is 18.7 Å². The van der Waals surface area contributed by atoms with E-state index in [2.05, 4.69) is 24.7 Å². The van der Waals surface area contributed by atoms with Crippen LogP contribution in [0, 0.1) is 5.92 Å². The molecule has 2 N–H and O–H groups in total. The first kappa shape index (κ1) is 24.6. The van der Waals surface area contributed by atoms with E-state index >= 15 is 0 Å². The molecule has 0 aliphatic heterocycles. The van der Waals surface area contributed by atoms with Gasteiger partial charge in [0.2, 0.25) is 15.9 Å². The molecule has 2 amide bonds. The third-order valence-electron chi connectivity index (χ3n) is 4.79. The molecule has 0 bridgehead atoms. The first-order valence-corrected chi connectivity index (χ1v) is 11.9. The van der Waals surface area contributed by atoms with Crippen LogP contribution in [0.15, 0.2) is 53.4 Å². The van der Waals surface area contributed by atoms with E-state index in [4.69, 9.17) is 0 Å². The number of amides is 2. The molecule has 7 nitrogen and oxygen atoms in total. The van der Waals surface area contributed by atoms with Crippen molar-refractivity contribution in [1.82, 2.24) is 15.2 Å². The van der Waals surface area contributed by atoms with Crippen LogP contribution in [-0.4, -0.2) is 37.6 Å². The number of benzene rings is 2. The van der Waals surface area contributed by atoms with Crippen molar-refractivity contribution in [2.24, 2.45) is 5.92 Å². The Morgan fingerprint density at radius 3 is 2.13 bits per heavy atom. The van der Waals surface area contributed by atoms with Crippen LogP contribution < -0.4 is 10.9 Å². The Morgan fingerprint density at radius 2 is 1.55 bits per heavy atom. The molecule has 168 valence electrons. The first-order valence-electron chi connectivity index (χ1n) is 10.4. The van der Waals surface area contributed by atoms with Gasteiger partial charge in [0.1, 0.15) is 0 Å². The lowest BCUT2D eigenvalue weighted by atomic mass is 10.0. The Labute approximate surface area is 184 Å². The summed E-state index contributed by atoms with van der Waals surface area (Å²) in [6.07, 6.45) is 1.10. The van der Waals surface area contributed by atoms with Crippen molar-refractivity contribution in [3.05, 3.63) is 65.2 Å². The summed E-state index contributed by atoms with van der Waals surface area (Å²) < 4.78 is 26.6. The quantitative estimate of drug-likeness (QED) is 0.580. The van der Waals surface area contributed by atoms with Gasteiger partial charge in [0.05, 0.1) is 11.3 Å². The summed E-state index contributed by atoms with van der Waals surface area (Å²) in [5, 5.41) is 0. The van der Waals surface area contributed by atoms with Crippen LogP contribution in [0.25, 0.3) is 0 Å². The average molecular weight is 446 g/mol. The molecular formula is C23H31N3O4S. The van der Waals surface area contributed by atoms with Crippen molar-refractivity contribution >= 4 is 21.8 Å². The fourth-order valence-corrected chi connectivity index (χ4v) is 4.71. The summed E-state index contributed by atoms with van der Waals surface area (Å²) in [7, 11) is -3.67. The van der Waals surface area contributed by atoms with Crippen molar-refractivity contribution in [1.29, 1.82) is 0 Å². The summed E-state index contributed by atoms with van der Waals surface area (Å²) in [5.41, 5.74) is 6.93. The molecular weight excluding hydrogens is 414 g/mol. The zero-order chi connectivity index (χ0) is 23.0. The standard InChI is InChI=1S/C23H31N3O4S/c1-5-26(6-2)31(29,30)21-9-7-8-20(16-21)23(28)25-24-22(27)15-19-12-10-18(11-13-19)14-17(3)4/h7-13,16-17H,5-6,14-15H2,1-4H3,(H,24,27)(H,25,28). The number of hydrazine groups is 1. The highest BCUT2D eigenvalue weighted by molar-refractivity contribution is 7.89. The zero-order valence-corrected chi connectivity index (χ0v) is 19.3. The van der Waals surface area contributed by atoms with E-state index in [1.807, 2.05) is 24.3 Å². The molecule has 0 fully saturated rings. The lowest BCUT2D eigenvalue weighted by Crippen LogP contribution is -2.42. The largest absolute Gasteiger partial charge is 0.273 e. The van der Waals surface area contributed by atoms with Gasteiger partial charge in [-0.15, -0.1) is 0 Å². The third kappa shape index (κ3) is 6.90. The molecule has 2 aromatic rings. The van der Waals surface area contributed by atoms with Gasteiger partial charge in [0.15, 0.2) is 0 Å². The molecule has 0 atom stereocenters. The summed E-state index contributed by atoms with van der Waals surface area (Å²) in [6.45, 7) is 8.49. The summed E-state index contributed by atoms with van der Waals surface area (Å²) >= 11 is 0. The molecule has 0 aromatic heterocycles. The molecule has 0 unspecified atom stereocenters. The second-order valence-electron chi connectivity index (χ2n) is 7.71. The van der Waals surface area contributed by atoms with Crippen molar-refractivity contribution in [2.45, 2.75) is 45.4 Å². The second-order valence-corrected chi connectivity index (χ2v) is 9.65. The normalized spacial score (nSPS) is 11.5. The molecule has 0 saturated carbocycles. The Kier molecular flexibility index (Phi) is 8.76. The van der Waals surface area contributed by atoms with Crippen LogP contribution in [-0.2, 0) is 27.7 Å². The number of hydrogen-bond donors (Lipinski definition) is 2. The van der Waals surface area contributed by atoms with Crippen molar-refractivity contribution in [3.8, 4) is 0 Å². The second kappa shape index (κ2) is 11.1. The Hall–Kier alpha value is -2.71. The number of carbonyl (C=O) groups is 2. The molecule has 8 heteroatoms. The molecule has 0 aliphatic carbocycles. The minimum absolute atomic E-state index is 0.0386. The number of carbonyl (C=O) groups excluding carboxylic acids is 2. The molecule has 0 aliphatic rings. The molecule has 2 aromatic carbocycles. The lowest BCUT2D eigenvalue weighted by molar-refractivity contribution is -0.121. The van der Waals surface area contributed by atoms with Crippen LogP contribution in [0.2, 0.25) is 0 Å². The van der Waals surface area contributed by atoms with Gasteiger partial charge in [-0.25, -0.2) is 8.42 Å². The Bertz CT molecular complexity index is 998. The fraction of sp³-hybridized carbons (Fsp3) is 0.391. The van der Waals surface area contributed by atoms with E-state index in [1.165, 1.54) is 34.1 Å². The molecule has 0 heterocycles. The fourth-order valence-electron chi connectivity index (χ4n) is 3.20. The van der Waals surface area contributed by atoms with Gasteiger partial charge < -0.3 is 0 Å². The lowest BCUT2D eigenvalue weighted by Gasteiger charge is -2.18. The summed E-state index contributed by atoms with van der Waals surface area (Å²) in [5.74, 6) is -0.390. The number of rotatable bonds is 9. The van der Waals surface area contributed by atoms with E-state index < -0.39 is 15.9 Å². The third-order valence-corrected chi connectivity index (χ3v) is 6.83. The highest BCUT2D eigenvalue weighted by Gasteiger charge is 2.22. The topological polar surface area (TPSA) is 95.6 Å². The van der Waals surface area contributed by atoms with E-state index in [1.54, 1.807) is 13.8 Å². The van der Waals surface area contributed by atoms with Crippen LogP contribution in [0.5, 0.6) is 0 Å². The van der Waals surface area contributed by atoms with Gasteiger partial charge in [-0.3, -0.25) is 20.4 Å². The summed E-state index contributed by atoms with van der Waals surface area (Å²) in [6, 6.07) is 13.6. The van der Waals surface area contributed by atoms with Crippen LogP contribution in [0.1, 0.15) is 49.2 Å². The SMILES string of the molecule is CCN(CC)S(=O)(=O)c1cccc(C(=O)NNC(=O)Cc2ccc(CC(C)C)cc2)c1. The number of sulfonamides is 1. The summed E-state index contributed by atoms with van der Waals surface area (Å²) in [4.78, 5) is 24.6. The van der Waals surface area contributed by atoms with Crippen molar-refractivity contribution in [3.63, 3.8) is 0 Å². The van der Waals surface area contributed by atoms with Gasteiger partial charge in [0.25, 0.3) is 5.91 Å². The van der Waals surface area contributed by atoms with Gasteiger partial charge in [-0.2, -0.15) is 4.31 Å². The highest BCUT2D eigenvalue weighted by atomic mass is 32.2. The molecule has 0 spiro atoms. The predicted molar refractivity (Wildman–Crippen MR) is 121 cm³/mol. The van der Waals surface area contributed by atoms with E-state index in [-0.39, 0.29) is 22.8 Å². The maximum absolute atomic E-state index is 12.6. The highest BCUT2D eigenvalue weighted by Crippen LogP contribution is 2.17. The monoisotopic (exact) mass is 445 g/mol. The first-order chi connectivity index (χ1) is 14.7. The van der Waals surface area contributed by atoms with Crippen LogP contribution in [0.3, 0.4) is 0 Å². The van der Waals surface area contributed by atoms with E-state index in [0.717, 1.165) is 12.0 Å². The minimum Gasteiger partial charge on any atom is -0.273 e. The van der Waals surface area contributed by atoms with Crippen molar-refractivity contribution in [2.75, 3.05) is 13.1 Å². The zero-order valence-electron chi connectivity index (χ0n) is 18.5. The molecule has 0 saturated heterocycles. The van der Waals surface area contributed by atoms with Gasteiger partial charge in [-0.1, -0.05) is 58.0 Å². The number of nitrogens with one attached hydrogen (secondary N) is 2. The predicted octanol–water partition coefficient (Wildman–Crippen LogP) is 2.92. The molecule has 2 rings (SSSR count). The number of nitrogens with zero attached hydrogens (tertiary/aromatic N) is 1. The Balaban J connectivity index is 1.97. The van der Waals surface area contributed by atoms with Gasteiger partial charge in [-0.05, 0) is 41.7 Å².